The first-order valence-corrected chi connectivity index (χ1v) is 4.58. The van der Waals surface area contributed by atoms with Crippen LogP contribution in [0.5, 0.6) is 0 Å². The third-order valence-corrected chi connectivity index (χ3v) is 1.76. The molecule has 1 heterocycles. The van der Waals surface area contributed by atoms with Gasteiger partial charge in [0.2, 0.25) is 0 Å². The maximum Gasteiger partial charge on any atom is 0.149 e. The second-order valence-electron chi connectivity index (χ2n) is 2.54. The number of para-hydroxylation sites is 1. The Balaban J connectivity index is 0.000000461. The number of hydrogen-bond acceptors (Lipinski definition) is 2. The number of fused-ring (bicyclic) bond motifs is 1. The smallest absolute Gasteiger partial charge is 0.149 e. The van der Waals surface area contributed by atoms with Gasteiger partial charge < -0.3 is 5.73 Å². The van der Waals surface area contributed by atoms with E-state index in [1.165, 1.54) is 12.3 Å². The summed E-state index contributed by atoms with van der Waals surface area (Å²) in [6, 6.07) is 6.40. The second-order valence-corrected chi connectivity index (χ2v) is 2.54. The van der Waals surface area contributed by atoms with Gasteiger partial charge in [-0.1, -0.05) is 26.0 Å². The fraction of sp³-hybridized carbons (Fsp3) is 0.182. The van der Waals surface area contributed by atoms with Gasteiger partial charge in [0.1, 0.15) is 11.3 Å². The average molecular weight is 192 g/mol. The fourth-order valence-corrected chi connectivity index (χ4v) is 1.16. The van der Waals surface area contributed by atoms with Crippen LogP contribution in [0.15, 0.2) is 30.5 Å². The minimum absolute atomic E-state index is 0.331. The quantitative estimate of drug-likeness (QED) is 0.696. The maximum atomic E-state index is 13.0. The third kappa shape index (κ3) is 1.82. The van der Waals surface area contributed by atoms with E-state index < -0.39 is 0 Å². The standard InChI is InChI=1S/C9H7FN2.C2H6/c10-7-3-1-2-6-8(11)4-5-12-9(6)7;1-2/h1-5H,(H2,11,12);1-2H3. The number of rotatable bonds is 0. The molecule has 2 aromatic rings. The number of benzene rings is 1. The summed E-state index contributed by atoms with van der Waals surface area (Å²) in [4.78, 5) is 3.89. The number of hydrogen-bond donors (Lipinski definition) is 1. The number of nitrogens with two attached hydrogens (primary N) is 1. The van der Waals surface area contributed by atoms with Crippen LogP contribution in [0.25, 0.3) is 10.9 Å². The Bertz CT molecular complexity index is 385. The van der Waals surface area contributed by atoms with E-state index in [1.807, 2.05) is 13.8 Å². The Morgan fingerprint density at radius 1 is 1.21 bits per heavy atom. The number of aromatic nitrogens is 1. The molecule has 1 aromatic carbocycles. The van der Waals surface area contributed by atoms with E-state index in [9.17, 15) is 4.39 Å². The summed E-state index contributed by atoms with van der Waals surface area (Å²) in [6.45, 7) is 4.00. The zero-order valence-electron chi connectivity index (χ0n) is 8.29. The van der Waals surface area contributed by atoms with Crippen molar-refractivity contribution in [3.8, 4) is 0 Å². The molecule has 0 spiro atoms. The predicted octanol–water partition coefficient (Wildman–Crippen LogP) is 2.98. The van der Waals surface area contributed by atoms with Crippen LogP contribution in [-0.4, -0.2) is 4.98 Å². The Labute approximate surface area is 82.6 Å². The molecule has 2 rings (SSSR count). The van der Waals surface area contributed by atoms with E-state index in [0.717, 1.165) is 0 Å². The minimum atomic E-state index is -0.334. The van der Waals surface area contributed by atoms with E-state index in [4.69, 9.17) is 5.73 Å². The lowest BCUT2D eigenvalue weighted by atomic mass is 10.2. The van der Waals surface area contributed by atoms with Crippen molar-refractivity contribution < 1.29 is 4.39 Å². The number of pyridine rings is 1. The highest BCUT2D eigenvalue weighted by Gasteiger charge is 2.01. The molecule has 3 heteroatoms. The molecule has 2 nitrogen and oxygen atoms in total. The molecule has 1 aromatic heterocycles. The molecule has 0 atom stereocenters. The summed E-state index contributed by atoms with van der Waals surface area (Å²) in [5, 5.41) is 0.664. The van der Waals surface area contributed by atoms with Crippen molar-refractivity contribution in [1.82, 2.24) is 4.98 Å². The topological polar surface area (TPSA) is 38.9 Å². The van der Waals surface area contributed by atoms with Gasteiger partial charge in [0.15, 0.2) is 0 Å². The van der Waals surface area contributed by atoms with Gasteiger partial charge in [-0.05, 0) is 12.1 Å². The van der Waals surface area contributed by atoms with Gasteiger partial charge >= 0.3 is 0 Å². The summed E-state index contributed by atoms with van der Waals surface area (Å²) < 4.78 is 13.0. The van der Waals surface area contributed by atoms with E-state index in [0.29, 0.717) is 16.6 Å². The van der Waals surface area contributed by atoms with Crippen LogP contribution in [0.3, 0.4) is 0 Å². The van der Waals surface area contributed by atoms with Gasteiger partial charge in [-0.2, -0.15) is 0 Å². The van der Waals surface area contributed by atoms with Gasteiger partial charge in [-0.25, -0.2) is 4.39 Å². The first kappa shape index (κ1) is 10.4. The lowest BCUT2D eigenvalue weighted by molar-refractivity contribution is 0.637. The summed E-state index contributed by atoms with van der Waals surface area (Å²) in [6.07, 6.45) is 1.50. The van der Waals surface area contributed by atoms with Crippen LogP contribution in [0.2, 0.25) is 0 Å². The molecule has 0 aliphatic carbocycles. The van der Waals surface area contributed by atoms with E-state index >= 15 is 0 Å². The highest BCUT2D eigenvalue weighted by Crippen LogP contribution is 2.20. The largest absolute Gasteiger partial charge is 0.398 e. The summed E-state index contributed by atoms with van der Waals surface area (Å²) in [5.41, 5.74) is 6.50. The lowest BCUT2D eigenvalue weighted by Crippen LogP contribution is -1.90. The number of halogens is 1. The molecule has 0 aliphatic heterocycles. The van der Waals surface area contributed by atoms with Crippen LogP contribution >= 0.6 is 0 Å². The molecule has 0 fully saturated rings. The Hall–Kier alpha value is -1.64. The van der Waals surface area contributed by atoms with Crippen molar-refractivity contribution in [1.29, 1.82) is 0 Å². The van der Waals surface area contributed by atoms with Crippen LogP contribution in [0, 0.1) is 5.82 Å². The first-order valence-electron chi connectivity index (χ1n) is 4.58. The Morgan fingerprint density at radius 3 is 2.57 bits per heavy atom. The highest BCUT2D eigenvalue weighted by molar-refractivity contribution is 5.89. The van der Waals surface area contributed by atoms with Crippen molar-refractivity contribution >= 4 is 16.6 Å². The van der Waals surface area contributed by atoms with E-state index in [2.05, 4.69) is 4.98 Å². The second kappa shape index (κ2) is 4.56. The molecule has 0 aliphatic rings. The van der Waals surface area contributed by atoms with Crippen molar-refractivity contribution in [2.24, 2.45) is 0 Å². The van der Waals surface area contributed by atoms with Crippen LogP contribution in [0.1, 0.15) is 13.8 Å². The molecule has 0 bridgehead atoms. The SMILES string of the molecule is CC.Nc1ccnc2c(F)cccc12. The van der Waals surface area contributed by atoms with Crippen molar-refractivity contribution in [3.63, 3.8) is 0 Å². The molecule has 74 valence electrons. The van der Waals surface area contributed by atoms with Crippen molar-refractivity contribution in [2.45, 2.75) is 13.8 Å². The van der Waals surface area contributed by atoms with Gasteiger partial charge in [0.25, 0.3) is 0 Å². The van der Waals surface area contributed by atoms with Crippen LogP contribution in [0.4, 0.5) is 10.1 Å². The molecule has 0 amide bonds. The zero-order valence-corrected chi connectivity index (χ0v) is 8.29. The van der Waals surface area contributed by atoms with Crippen molar-refractivity contribution in [3.05, 3.63) is 36.3 Å². The Morgan fingerprint density at radius 2 is 1.93 bits per heavy atom. The van der Waals surface area contributed by atoms with Crippen molar-refractivity contribution in [2.75, 3.05) is 5.73 Å². The molecule has 0 saturated carbocycles. The first-order chi connectivity index (χ1) is 6.79. The summed E-state index contributed by atoms with van der Waals surface area (Å²) in [5.74, 6) is -0.334. The minimum Gasteiger partial charge on any atom is -0.398 e. The third-order valence-electron chi connectivity index (χ3n) is 1.76. The van der Waals surface area contributed by atoms with Gasteiger partial charge in [-0.15, -0.1) is 0 Å². The normalized spacial score (nSPS) is 9.36. The molecule has 2 N–H and O–H groups in total. The number of anilines is 1. The van der Waals surface area contributed by atoms with Crippen LogP contribution < -0.4 is 5.73 Å². The molecular formula is C11H13FN2. The van der Waals surface area contributed by atoms with Gasteiger partial charge in [-0.3, -0.25) is 4.98 Å². The van der Waals surface area contributed by atoms with Crippen LogP contribution in [-0.2, 0) is 0 Å². The zero-order chi connectivity index (χ0) is 10.6. The highest BCUT2D eigenvalue weighted by atomic mass is 19.1. The summed E-state index contributed by atoms with van der Waals surface area (Å²) >= 11 is 0. The molecule has 0 unspecified atom stereocenters. The average Bonchev–Trinajstić information content (AvgIpc) is 2.23. The molecule has 0 saturated heterocycles. The fourth-order valence-electron chi connectivity index (χ4n) is 1.16. The maximum absolute atomic E-state index is 13.0. The lowest BCUT2D eigenvalue weighted by Gasteiger charge is -2.00. The Kier molecular flexibility index (Phi) is 3.40. The molecule has 0 radical (unpaired) electrons. The van der Waals surface area contributed by atoms with E-state index in [-0.39, 0.29) is 5.82 Å². The predicted molar refractivity (Wildman–Crippen MR) is 57.5 cm³/mol. The molecular weight excluding hydrogens is 179 g/mol. The number of nitrogens with zero attached hydrogens (tertiary/aromatic N) is 1. The van der Waals surface area contributed by atoms with E-state index in [1.54, 1.807) is 18.2 Å². The summed E-state index contributed by atoms with van der Waals surface area (Å²) in [7, 11) is 0. The number of nitrogen functional groups attached to an aromatic ring is 1. The van der Waals surface area contributed by atoms with Gasteiger partial charge in [0.05, 0.1) is 0 Å². The van der Waals surface area contributed by atoms with Gasteiger partial charge in [0, 0.05) is 17.3 Å². The monoisotopic (exact) mass is 192 g/mol. The molecule has 14 heavy (non-hydrogen) atoms.